The molecule has 0 radical (unpaired) electrons. The molecule has 0 unspecified atom stereocenters. The van der Waals surface area contributed by atoms with Gasteiger partial charge in [0.25, 0.3) is 0 Å². The minimum Gasteiger partial charge on any atom is -0.289 e. The molecule has 8 nitrogen and oxygen atoms in total. The van der Waals surface area contributed by atoms with Crippen molar-refractivity contribution in [3.05, 3.63) is 53.4 Å². The van der Waals surface area contributed by atoms with Gasteiger partial charge in [-0.1, -0.05) is 6.92 Å². The van der Waals surface area contributed by atoms with Crippen molar-refractivity contribution >= 4 is 31.4 Å². The first-order valence-corrected chi connectivity index (χ1v) is 10.9. The van der Waals surface area contributed by atoms with Gasteiger partial charge in [0.05, 0.1) is 16.3 Å². The SMILES string of the molecule is CCS(=O)(=O)c1ccc(-n2cnc(Br)c2)nc1-c1cnc2cc(C(F)(F)F)nn2c1. The number of alkyl halides is 3. The maximum Gasteiger partial charge on any atom is 0.435 e. The molecule has 0 aliphatic carbocycles. The van der Waals surface area contributed by atoms with Crippen LogP contribution >= 0.6 is 15.9 Å². The highest BCUT2D eigenvalue weighted by molar-refractivity contribution is 9.10. The summed E-state index contributed by atoms with van der Waals surface area (Å²) in [6.07, 6.45) is 1.01. The van der Waals surface area contributed by atoms with Crippen LogP contribution in [0.25, 0.3) is 22.7 Å². The summed E-state index contributed by atoms with van der Waals surface area (Å²) in [5.74, 6) is 0.197. The van der Waals surface area contributed by atoms with E-state index in [1.165, 1.54) is 37.8 Å². The molecule has 0 spiro atoms. The van der Waals surface area contributed by atoms with Crippen LogP contribution in [-0.4, -0.2) is 43.3 Å². The average Bonchev–Trinajstić information content (AvgIpc) is 3.33. The molecule has 4 rings (SSSR count). The fourth-order valence-corrected chi connectivity index (χ4v) is 4.11. The summed E-state index contributed by atoms with van der Waals surface area (Å²) in [5.41, 5.74) is -0.871. The second-order valence-corrected chi connectivity index (χ2v) is 9.26. The highest BCUT2D eigenvalue weighted by atomic mass is 79.9. The lowest BCUT2D eigenvalue weighted by Crippen LogP contribution is -2.09. The molecule has 4 heterocycles. The van der Waals surface area contributed by atoms with Gasteiger partial charge in [0.15, 0.2) is 21.2 Å². The fourth-order valence-electron chi connectivity index (χ4n) is 2.75. The van der Waals surface area contributed by atoms with Gasteiger partial charge >= 0.3 is 6.18 Å². The molecule has 0 saturated heterocycles. The topological polar surface area (TPSA) is 95.0 Å². The maximum absolute atomic E-state index is 13.0. The Morgan fingerprint density at radius 1 is 1.17 bits per heavy atom. The number of imidazole rings is 1. The summed E-state index contributed by atoms with van der Waals surface area (Å²) < 4.78 is 67.1. The van der Waals surface area contributed by atoms with Crippen LogP contribution < -0.4 is 0 Å². The lowest BCUT2D eigenvalue weighted by Gasteiger charge is -2.11. The van der Waals surface area contributed by atoms with Crippen molar-refractivity contribution in [3.63, 3.8) is 0 Å². The van der Waals surface area contributed by atoms with Crippen LogP contribution in [0.1, 0.15) is 12.6 Å². The fraction of sp³-hybridized carbons (Fsp3) is 0.176. The Bertz CT molecular complexity index is 1360. The molecule has 0 aliphatic rings. The third-order valence-electron chi connectivity index (χ3n) is 4.25. The van der Waals surface area contributed by atoms with Crippen molar-refractivity contribution in [1.29, 1.82) is 0 Å². The van der Waals surface area contributed by atoms with Crippen LogP contribution in [0.4, 0.5) is 13.2 Å². The Morgan fingerprint density at radius 3 is 2.57 bits per heavy atom. The normalized spacial score (nSPS) is 12.6. The van der Waals surface area contributed by atoms with Crippen molar-refractivity contribution < 1.29 is 21.6 Å². The summed E-state index contributed by atoms with van der Waals surface area (Å²) in [5, 5.41) is 3.50. The number of fused-ring (bicyclic) bond motifs is 1. The first-order chi connectivity index (χ1) is 14.1. The number of hydrogen-bond acceptors (Lipinski definition) is 6. The third-order valence-corrected chi connectivity index (χ3v) is 6.42. The molecular weight excluding hydrogens is 489 g/mol. The highest BCUT2D eigenvalue weighted by Crippen LogP contribution is 2.30. The molecule has 4 aromatic rings. The van der Waals surface area contributed by atoms with Gasteiger partial charge in [0.2, 0.25) is 0 Å². The van der Waals surface area contributed by atoms with E-state index in [-0.39, 0.29) is 27.6 Å². The predicted molar refractivity (Wildman–Crippen MR) is 104 cm³/mol. The van der Waals surface area contributed by atoms with E-state index >= 15 is 0 Å². The summed E-state index contributed by atoms with van der Waals surface area (Å²) in [6.45, 7) is 1.49. The lowest BCUT2D eigenvalue weighted by atomic mass is 10.2. The van der Waals surface area contributed by atoms with Crippen LogP contribution in [0.5, 0.6) is 0 Å². The van der Waals surface area contributed by atoms with Crippen molar-refractivity contribution in [2.75, 3.05) is 5.75 Å². The Balaban J connectivity index is 1.93. The quantitative estimate of drug-likeness (QED) is 0.425. The monoisotopic (exact) mass is 500 g/mol. The van der Waals surface area contributed by atoms with Gasteiger partial charge in [-0.15, -0.1) is 0 Å². The summed E-state index contributed by atoms with van der Waals surface area (Å²) in [7, 11) is -3.68. The van der Waals surface area contributed by atoms with Gasteiger partial charge in [0.1, 0.15) is 16.7 Å². The van der Waals surface area contributed by atoms with Gasteiger partial charge in [-0.2, -0.15) is 18.3 Å². The molecule has 0 aliphatic heterocycles. The summed E-state index contributed by atoms with van der Waals surface area (Å²) in [4.78, 5) is 12.4. The lowest BCUT2D eigenvalue weighted by molar-refractivity contribution is -0.141. The Labute approximate surface area is 176 Å². The third kappa shape index (κ3) is 3.69. The van der Waals surface area contributed by atoms with Crippen LogP contribution in [0, 0.1) is 0 Å². The van der Waals surface area contributed by atoms with E-state index in [0.717, 1.165) is 10.6 Å². The first kappa shape index (κ1) is 20.5. The molecule has 30 heavy (non-hydrogen) atoms. The number of rotatable bonds is 4. The number of pyridine rings is 1. The average molecular weight is 501 g/mol. The molecule has 0 aromatic carbocycles. The highest BCUT2D eigenvalue weighted by Gasteiger charge is 2.34. The first-order valence-electron chi connectivity index (χ1n) is 8.45. The minimum atomic E-state index is -4.63. The van der Waals surface area contributed by atoms with E-state index < -0.39 is 21.7 Å². The second-order valence-electron chi connectivity index (χ2n) is 6.20. The summed E-state index contributed by atoms with van der Waals surface area (Å²) in [6, 6.07) is 3.72. The van der Waals surface area contributed by atoms with E-state index in [1.807, 2.05) is 0 Å². The van der Waals surface area contributed by atoms with Crippen molar-refractivity contribution in [2.24, 2.45) is 0 Å². The smallest absolute Gasteiger partial charge is 0.289 e. The zero-order valence-electron chi connectivity index (χ0n) is 15.2. The van der Waals surface area contributed by atoms with Gasteiger partial charge in [-0.25, -0.2) is 27.9 Å². The van der Waals surface area contributed by atoms with Crippen molar-refractivity contribution in [1.82, 2.24) is 29.1 Å². The predicted octanol–water partition coefficient (Wildman–Crippen LogP) is 3.55. The standard InChI is InChI=1S/C17H12BrF3N6O2S/c1-2-30(28,29)11-3-4-14(26-8-13(18)23-9-26)24-16(11)10-6-22-15-5-12(17(19,20)21)25-27(15)7-10/h3-9H,2H2,1H3. The van der Waals surface area contributed by atoms with Crippen LogP contribution in [-0.2, 0) is 16.0 Å². The molecule has 0 bridgehead atoms. The van der Waals surface area contributed by atoms with E-state index in [4.69, 9.17) is 0 Å². The van der Waals surface area contributed by atoms with Crippen molar-refractivity contribution in [2.45, 2.75) is 18.0 Å². The molecule has 13 heteroatoms. The summed E-state index contributed by atoms with van der Waals surface area (Å²) >= 11 is 3.23. The number of sulfone groups is 1. The number of hydrogen-bond donors (Lipinski definition) is 0. The Morgan fingerprint density at radius 2 is 1.93 bits per heavy atom. The van der Waals surface area contributed by atoms with E-state index in [0.29, 0.717) is 10.4 Å². The number of aromatic nitrogens is 6. The molecule has 0 amide bonds. The van der Waals surface area contributed by atoms with Gasteiger partial charge in [-0.3, -0.25) is 4.57 Å². The second kappa shape index (κ2) is 7.16. The van der Waals surface area contributed by atoms with Crippen LogP contribution in [0.3, 0.4) is 0 Å². The maximum atomic E-state index is 13.0. The Hall–Kier alpha value is -2.80. The van der Waals surface area contributed by atoms with Gasteiger partial charge < -0.3 is 0 Å². The van der Waals surface area contributed by atoms with Gasteiger partial charge in [0, 0.05) is 30.2 Å². The number of halogens is 4. The van der Waals surface area contributed by atoms with Crippen LogP contribution in [0.15, 0.2) is 52.6 Å². The molecule has 4 aromatic heterocycles. The van der Waals surface area contributed by atoms with Crippen molar-refractivity contribution in [3.8, 4) is 17.1 Å². The molecule has 0 N–H and O–H groups in total. The van der Waals surface area contributed by atoms with E-state index in [2.05, 4.69) is 36.0 Å². The Kier molecular flexibility index (Phi) is 4.89. The molecular formula is C17H12BrF3N6O2S. The molecule has 156 valence electrons. The number of nitrogens with zero attached hydrogens (tertiary/aromatic N) is 6. The largest absolute Gasteiger partial charge is 0.435 e. The van der Waals surface area contributed by atoms with Crippen LogP contribution in [0.2, 0.25) is 0 Å². The zero-order valence-corrected chi connectivity index (χ0v) is 17.6. The van der Waals surface area contributed by atoms with E-state index in [1.54, 1.807) is 10.8 Å². The van der Waals surface area contributed by atoms with Gasteiger partial charge in [-0.05, 0) is 28.1 Å². The zero-order chi connectivity index (χ0) is 21.7. The molecule has 0 atom stereocenters. The minimum absolute atomic E-state index is 0.0272. The molecule has 0 saturated carbocycles. The molecule has 0 fully saturated rings. The van der Waals surface area contributed by atoms with E-state index in [9.17, 15) is 21.6 Å².